The van der Waals surface area contributed by atoms with E-state index in [1.165, 1.54) is 12.8 Å². The van der Waals surface area contributed by atoms with Gasteiger partial charge in [-0.15, -0.1) is 0 Å². The number of carbonyl (C=O) groups excluding carboxylic acids is 3. The zero-order valence-electron chi connectivity index (χ0n) is 20.8. The van der Waals surface area contributed by atoms with E-state index < -0.39 is 6.04 Å². The van der Waals surface area contributed by atoms with Crippen LogP contribution in [-0.4, -0.2) is 52.8 Å². The third-order valence-electron chi connectivity index (χ3n) is 7.94. The third kappa shape index (κ3) is 5.40. The number of amides is 4. The van der Waals surface area contributed by atoms with Gasteiger partial charge in [-0.1, -0.05) is 43.9 Å². The molecule has 3 unspecified atom stereocenters. The molecule has 0 spiro atoms. The largest absolute Gasteiger partial charge is 0.325 e. The fourth-order valence-corrected chi connectivity index (χ4v) is 6.05. The van der Waals surface area contributed by atoms with E-state index in [4.69, 9.17) is 0 Å². The minimum Gasteiger partial charge on any atom is -0.325 e. The van der Waals surface area contributed by atoms with E-state index in [1.54, 1.807) is 12.1 Å². The van der Waals surface area contributed by atoms with Crippen molar-refractivity contribution >= 4 is 29.2 Å². The Hall–Kier alpha value is -3.35. The van der Waals surface area contributed by atoms with Crippen molar-refractivity contribution in [2.75, 3.05) is 23.7 Å². The lowest BCUT2D eigenvalue weighted by atomic mass is 9.84. The van der Waals surface area contributed by atoms with Gasteiger partial charge >= 0.3 is 6.03 Å². The molecule has 2 aliphatic heterocycles. The molecule has 2 heterocycles. The highest BCUT2D eigenvalue weighted by Crippen LogP contribution is 2.41. The summed E-state index contributed by atoms with van der Waals surface area (Å²) in [6, 6.07) is 16.1. The number of rotatable bonds is 4. The molecule has 2 aromatic rings. The fourth-order valence-electron chi connectivity index (χ4n) is 6.05. The summed E-state index contributed by atoms with van der Waals surface area (Å²) in [7, 11) is 0. The molecular weight excluding hydrogens is 452 g/mol. The van der Waals surface area contributed by atoms with E-state index in [1.807, 2.05) is 52.3 Å². The lowest BCUT2D eigenvalue weighted by Crippen LogP contribution is -2.47. The van der Waals surface area contributed by atoms with Crippen LogP contribution in [0.4, 0.5) is 16.2 Å². The maximum atomic E-state index is 13.5. The van der Waals surface area contributed by atoms with Crippen molar-refractivity contribution in [2.24, 2.45) is 5.92 Å². The van der Waals surface area contributed by atoms with Gasteiger partial charge in [0.2, 0.25) is 5.91 Å². The van der Waals surface area contributed by atoms with E-state index in [2.05, 4.69) is 10.6 Å². The Balaban J connectivity index is 1.25. The first-order chi connectivity index (χ1) is 17.6. The molecule has 1 saturated carbocycles. The number of anilines is 2. The van der Waals surface area contributed by atoms with Crippen LogP contribution in [0.1, 0.15) is 68.1 Å². The summed E-state index contributed by atoms with van der Waals surface area (Å²) < 4.78 is 0. The summed E-state index contributed by atoms with van der Waals surface area (Å²) in [4.78, 5) is 43.2. The summed E-state index contributed by atoms with van der Waals surface area (Å²) in [5, 5.41) is 6.00. The smallest absolute Gasteiger partial charge is 0.321 e. The van der Waals surface area contributed by atoms with Crippen molar-refractivity contribution in [3.8, 4) is 0 Å². The normalized spacial score (nSPS) is 23.9. The number of benzene rings is 2. The summed E-state index contributed by atoms with van der Waals surface area (Å²) in [5.41, 5.74) is 2.00. The number of carbonyl (C=O) groups is 3. The van der Waals surface area contributed by atoms with Crippen molar-refractivity contribution in [1.29, 1.82) is 0 Å². The molecule has 2 aromatic carbocycles. The highest BCUT2D eigenvalue weighted by atomic mass is 16.2. The first-order valence-corrected chi connectivity index (χ1v) is 13.4. The molecule has 4 amide bonds. The van der Waals surface area contributed by atoms with Gasteiger partial charge in [0, 0.05) is 36.1 Å². The van der Waals surface area contributed by atoms with Crippen LogP contribution in [0.15, 0.2) is 54.6 Å². The third-order valence-corrected chi connectivity index (χ3v) is 7.94. The molecule has 190 valence electrons. The molecule has 0 aromatic heterocycles. The quantitative estimate of drug-likeness (QED) is 0.596. The molecule has 3 fully saturated rings. The van der Waals surface area contributed by atoms with Gasteiger partial charge in [0.15, 0.2) is 0 Å². The van der Waals surface area contributed by atoms with Crippen LogP contribution < -0.4 is 10.6 Å². The van der Waals surface area contributed by atoms with Crippen LogP contribution >= 0.6 is 0 Å². The van der Waals surface area contributed by atoms with E-state index in [-0.39, 0.29) is 23.9 Å². The van der Waals surface area contributed by atoms with E-state index in [0.717, 1.165) is 51.6 Å². The summed E-state index contributed by atoms with van der Waals surface area (Å²) in [6.45, 7) is 1.59. The Morgan fingerprint density at radius 2 is 1.36 bits per heavy atom. The average molecular weight is 489 g/mol. The maximum Gasteiger partial charge on any atom is 0.321 e. The van der Waals surface area contributed by atoms with Crippen LogP contribution in [0.2, 0.25) is 0 Å². The molecular formula is C29H36N4O3. The van der Waals surface area contributed by atoms with Gasteiger partial charge in [0.1, 0.15) is 6.04 Å². The zero-order chi connectivity index (χ0) is 24.9. The summed E-state index contributed by atoms with van der Waals surface area (Å²) in [5.74, 6) is 0.172. The number of hydrogen-bond acceptors (Lipinski definition) is 3. The zero-order valence-corrected chi connectivity index (χ0v) is 20.8. The first kappa shape index (κ1) is 24.3. The molecule has 2 N–H and O–H groups in total. The number of urea groups is 1. The van der Waals surface area contributed by atoms with Crippen LogP contribution in [-0.2, 0) is 4.79 Å². The SMILES string of the molecule is O=C(Nc1ccc(NC(=O)N2CCCCCC2)cc1)C1CC2CCCCC2N1C(=O)c1ccccc1. The van der Waals surface area contributed by atoms with Crippen molar-refractivity contribution in [1.82, 2.24) is 9.80 Å². The van der Waals surface area contributed by atoms with Crippen LogP contribution in [0, 0.1) is 5.92 Å². The highest BCUT2D eigenvalue weighted by molar-refractivity contribution is 6.02. The Kier molecular flexibility index (Phi) is 7.54. The molecule has 3 atom stereocenters. The van der Waals surface area contributed by atoms with E-state index in [0.29, 0.717) is 29.3 Å². The number of likely N-dealkylation sites (tertiary alicyclic amines) is 2. The predicted molar refractivity (Wildman–Crippen MR) is 141 cm³/mol. The topological polar surface area (TPSA) is 81.8 Å². The standard InChI is InChI=1S/C29H36N4O3/c34-27(30-23-14-16-24(17-15-23)31-29(36)32-18-8-1-2-9-19-32)26-20-22-12-6-7-13-25(22)33(26)28(35)21-10-4-3-5-11-21/h3-5,10-11,14-17,22,25-26H,1-2,6-9,12-13,18-20H2,(H,30,34)(H,31,36). The molecule has 3 aliphatic rings. The Morgan fingerprint density at radius 1 is 0.722 bits per heavy atom. The lowest BCUT2D eigenvalue weighted by molar-refractivity contribution is -0.120. The second kappa shape index (κ2) is 11.1. The second-order valence-corrected chi connectivity index (χ2v) is 10.3. The van der Waals surface area contributed by atoms with E-state index in [9.17, 15) is 14.4 Å². The monoisotopic (exact) mass is 488 g/mol. The molecule has 5 rings (SSSR count). The van der Waals surface area contributed by atoms with Gasteiger partial charge in [-0.25, -0.2) is 4.79 Å². The van der Waals surface area contributed by atoms with Gasteiger partial charge in [-0.05, 0) is 74.4 Å². The average Bonchev–Trinajstić information content (AvgIpc) is 3.08. The van der Waals surface area contributed by atoms with Gasteiger partial charge in [-0.2, -0.15) is 0 Å². The molecule has 2 saturated heterocycles. The molecule has 0 radical (unpaired) electrons. The number of nitrogens with zero attached hydrogens (tertiary/aromatic N) is 2. The number of fused-ring (bicyclic) bond motifs is 1. The van der Waals surface area contributed by atoms with Crippen molar-refractivity contribution in [3.05, 3.63) is 60.2 Å². The molecule has 7 nitrogen and oxygen atoms in total. The van der Waals surface area contributed by atoms with E-state index >= 15 is 0 Å². The van der Waals surface area contributed by atoms with Gasteiger partial charge in [0.25, 0.3) is 5.91 Å². The first-order valence-electron chi connectivity index (χ1n) is 13.4. The molecule has 1 aliphatic carbocycles. The fraction of sp³-hybridized carbons (Fsp3) is 0.483. The molecule has 0 bridgehead atoms. The molecule has 7 heteroatoms. The summed E-state index contributed by atoms with van der Waals surface area (Å²) in [6.07, 6.45) is 9.43. The van der Waals surface area contributed by atoms with Crippen molar-refractivity contribution in [3.63, 3.8) is 0 Å². The van der Waals surface area contributed by atoms with Crippen molar-refractivity contribution < 1.29 is 14.4 Å². The van der Waals surface area contributed by atoms with Gasteiger partial charge in [-0.3, -0.25) is 9.59 Å². The Labute approximate surface area is 213 Å². The summed E-state index contributed by atoms with van der Waals surface area (Å²) >= 11 is 0. The lowest BCUT2D eigenvalue weighted by Gasteiger charge is -2.33. The maximum absolute atomic E-state index is 13.5. The Bertz CT molecular complexity index is 1060. The number of hydrogen-bond donors (Lipinski definition) is 2. The minimum absolute atomic E-state index is 0.0586. The van der Waals surface area contributed by atoms with Crippen LogP contribution in [0.3, 0.4) is 0 Å². The van der Waals surface area contributed by atoms with Crippen molar-refractivity contribution in [2.45, 2.75) is 69.9 Å². The predicted octanol–water partition coefficient (Wildman–Crippen LogP) is 5.51. The van der Waals surface area contributed by atoms with Gasteiger partial charge < -0.3 is 20.4 Å². The highest BCUT2D eigenvalue weighted by Gasteiger charge is 2.47. The minimum atomic E-state index is -0.478. The second-order valence-electron chi connectivity index (χ2n) is 10.3. The number of nitrogens with one attached hydrogen (secondary N) is 2. The van der Waals surface area contributed by atoms with Crippen LogP contribution in [0.25, 0.3) is 0 Å². The van der Waals surface area contributed by atoms with Gasteiger partial charge in [0.05, 0.1) is 0 Å². The molecule has 36 heavy (non-hydrogen) atoms. The van der Waals surface area contributed by atoms with Crippen LogP contribution in [0.5, 0.6) is 0 Å². The Morgan fingerprint density at radius 3 is 2.06 bits per heavy atom.